The van der Waals surface area contributed by atoms with E-state index < -0.39 is 12.3 Å². The molecule has 0 aliphatic rings. The fourth-order valence-electron chi connectivity index (χ4n) is 0.400. The van der Waals surface area contributed by atoms with E-state index in [4.69, 9.17) is 15.3 Å². The van der Waals surface area contributed by atoms with E-state index in [2.05, 4.69) is 4.42 Å². The molecule has 0 fully saturated rings. The molecule has 0 spiro atoms. The lowest BCUT2D eigenvalue weighted by molar-refractivity contribution is -0.0413. The van der Waals surface area contributed by atoms with Crippen molar-refractivity contribution >= 4 is 5.97 Å². The average molecular weight is 188 g/mol. The summed E-state index contributed by atoms with van der Waals surface area (Å²) in [4.78, 5) is 9.97. The number of rotatable bonds is 2. The molecule has 5 nitrogen and oxygen atoms in total. The van der Waals surface area contributed by atoms with Crippen molar-refractivity contribution in [3.05, 3.63) is 24.2 Å². The maximum atomic E-state index is 9.97. The normalized spacial score (nSPS) is 9.23. The summed E-state index contributed by atoms with van der Waals surface area (Å²) >= 11 is 0. The summed E-state index contributed by atoms with van der Waals surface area (Å²) in [6.45, 7) is 1.70. The van der Waals surface area contributed by atoms with Gasteiger partial charge in [-0.05, 0) is 18.6 Å². The molecular weight excluding hydrogens is 176 g/mol. The van der Waals surface area contributed by atoms with Crippen molar-refractivity contribution in [2.75, 3.05) is 0 Å². The van der Waals surface area contributed by atoms with Crippen LogP contribution in [0.1, 0.15) is 23.9 Å². The van der Waals surface area contributed by atoms with Crippen LogP contribution in [0.3, 0.4) is 0 Å². The first kappa shape index (κ1) is 11.7. The second-order valence-electron chi connectivity index (χ2n) is 2.17. The van der Waals surface area contributed by atoms with E-state index in [9.17, 15) is 4.79 Å². The Hall–Kier alpha value is -1.33. The van der Waals surface area contributed by atoms with Crippen molar-refractivity contribution in [2.24, 2.45) is 0 Å². The first-order chi connectivity index (χ1) is 6.07. The quantitative estimate of drug-likeness (QED) is 0.594. The average Bonchev–Trinajstić information content (AvgIpc) is 2.57. The van der Waals surface area contributed by atoms with Crippen molar-refractivity contribution in [1.82, 2.24) is 0 Å². The van der Waals surface area contributed by atoms with E-state index in [-0.39, 0.29) is 5.76 Å². The van der Waals surface area contributed by atoms with Crippen LogP contribution in [0.15, 0.2) is 22.8 Å². The lowest BCUT2D eigenvalue weighted by Crippen LogP contribution is -1.99. The van der Waals surface area contributed by atoms with Crippen molar-refractivity contribution in [2.45, 2.75) is 19.6 Å². The molecule has 1 heterocycles. The zero-order valence-electron chi connectivity index (χ0n) is 7.17. The van der Waals surface area contributed by atoms with E-state index >= 15 is 0 Å². The molecule has 74 valence electrons. The van der Waals surface area contributed by atoms with Gasteiger partial charge >= 0.3 is 5.97 Å². The first-order valence-corrected chi connectivity index (χ1v) is 3.70. The highest BCUT2D eigenvalue weighted by Crippen LogP contribution is 1.97. The third kappa shape index (κ3) is 5.89. The van der Waals surface area contributed by atoms with Crippen molar-refractivity contribution < 1.29 is 24.5 Å². The summed E-state index contributed by atoms with van der Waals surface area (Å²) in [5.41, 5.74) is 0. The Bertz CT molecular complexity index is 227. The minimum atomic E-state index is -1.12. The minimum Gasteiger partial charge on any atom is -0.475 e. The predicted molar refractivity (Wildman–Crippen MR) is 44.2 cm³/mol. The smallest absolute Gasteiger partial charge is 0.371 e. The number of hydrogen-bond acceptors (Lipinski definition) is 4. The van der Waals surface area contributed by atoms with Crippen molar-refractivity contribution in [3.63, 3.8) is 0 Å². The summed E-state index contributed by atoms with van der Waals surface area (Å²) in [7, 11) is 0. The van der Waals surface area contributed by atoms with Gasteiger partial charge in [-0.25, -0.2) is 4.79 Å². The van der Waals surface area contributed by atoms with Gasteiger partial charge in [0.15, 0.2) is 6.29 Å². The van der Waals surface area contributed by atoms with E-state index in [1.807, 2.05) is 0 Å². The number of furan rings is 1. The van der Waals surface area contributed by atoms with Crippen LogP contribution in [0, 0.1) is 0 Å². The second kappa shape index (κ2) is 6.22. The van der Waals surface area contributed by atoms with Gasteiger partial charge in [-0.1, -0.05) is 6.92 Å². The Morgan fingerprint density at radius 3 is 2.31 bits per heavy atom. The van der Waals surface area contributed by atoms with E-state index in [0.29, 0.717) is 6.42 Å². The summed E-state index contributed by atoms with van der Waals surface area (Å²) in [6.07, 6.45) is 0.624. The summed E-state index contributed by atoms with van der Waals surface area (Å²) in [5, 5.41) is 24.0. The topological polar surface area (TPSA) is 90.9 Å². The van der Waals surface area contributed by atoms with Crippen molar-refractivity contribution in [1.29, 1.82) is 0 Å². The molecule has 0 aliphatic carbocycles. The predicted octanol–water partition coefficient (Wildman–Crippen LogP) is 0.685. The Labute approximate surface area is 75.2 Å². The fraction of sp³-hybridized carbons (Fsp3) is 0.375. The molecule has 1 aromatic heterocycles. The molecule has 0 saturated heterocycles. The van der Waals surface area contributed by atoms with Crippen LogP contribution in [0.2, 0.25) is 0 Å². The lowest BCUT2D eigenvalue weighted by Gasteiger charge is -1.90. The molecule has 3 N–H and O–H groups in total. The van der Waals surface area contributed by atoms with Gasteiger partial charge in [0, 0.05) is 0 Å². The van der Waals surface area contributed by atoms with Gasteiger partial charge in [0.05, 0.1) is 6.26 Å². The monoisotopic (exact) mass is 188 g/mol. The SMILES string of the molecule is CCC(O)O.O=C(O)c1ccco1. The second-order valence-corrected chi connectivity index (χ2v) is 2.17. The maximum absolute atomic E-state index is 9.97. The van der Waals surface area contributed by atoms with Crippen LogP contribution in [0.4, 0.5) is 0 Å². The van der Waals surface area contributed by atoms with Gasteiger partial charge < -0.3 is 19.7 Å². The maximum Gasteiger partial charge on any atom is 0.371 e. The molecule has 0 bridgehead atoms. The van der Waals surface area contributed by atoms with Crippen LogP contribution in [-0.4, -0.2) is 27.6 Å². The lowest BCUT2D eigenvalue weighted by atomic mass is 10.5. The Kier molecular flexibility index (Phi) is 5.58. The number of carboxylic acid groups (broad SMARTS) is 1. The van der Waals surface area contributed by atoms with Crippen LogP contribution >= 0.6 is 0 Å². The third-order valence-corrected chi connectivity index (χ3v) is 1.10. The number of carbonyl (C=O) groups is 1. The zero-order chi connectivity index (χ0) is 10.3. The highest BCUT2D eigenvalue weighted by molar-refractivity contribution is 5.84. The molecule has 13 heavy (non-hydrogen) atoms. The largest absolute Gasteiger partial charge is 0.475 e. The number of aromatic carboxylic acids is 1. The van der Waals surface area contributed by atoms with Crippen LogP contribution < -0.4 is 0 Å². The summed E-state index contributed by atoms with van der Waals surface area (Å²) < 4.78 is 4.50. The van der Waals surface area contributed by atoms with Gasteiger partial charge in [-0.3, -0.25) is 0 Å². The van der Waals surface area contributed by atoms with E-state index in [1.54, 1.807) is 6.92 Å². The molecule has 1 rings (SSSR count). The molecule has 0 amide bonds. The highest BCUT2D eigenvalue weighted by Gasteiger charge is 2.01. The molecule has 1 aromatic rings. The van der Waals surface area contributed by atoms with Crippen LogP contribution in [0.25, 0.3) is 0 Å². The van der Waals surface area contributed by atoms with Gasteiger partial charge in [0.2, 0.25) is 5.76 Å². The van der Waals surface area contributed by atoms with Crippen LogP contribution in [-0.2, 0) is 0 Å². The third-order valence-electron chi connectivity index (χ3n) is 1.10. The van der Waals surface area contributed by atoms with E-state index in [1.165, 1.54) is 18.4 Å². The summed E-state index contributed by atoms with van der Waals surface area (Å²) in [5.74, 6) is -1.06. The van der Waals surface area contributed by atoms with Gasteiger partial charge in [-0.15, -0.1) is 0 Å². The van der Waals surface area contributed by atoms with Crippen LogP contribution in [0.5, 0.6) is 0 Å². The van der Waals surface area contributed by atoms with Gasteiger partial charge in [0.1, 0.15) is 0 Å². The molecule has 0 aliphatic heterocycles. The number of carboxylic acids is 1. The minimum absolute atomic E-state index is 0.0231. The number of aliphatic hydroxyl groups excluding tert-OH is 1. The molecular formula is C8H12O5. The Morgan fingerprint density at radius 1 is 1.62 bits per heavy atom. The highest BCUT2D eigenvalue weighted by atomic mass is 16.5. The summed E-state index contributed by atoms with van der Waals surface area (Å²) in [6, 6.07) is 2.92. The molecule has 0 atom stereocenters. The molecule has 0 unspecified atom stereocenters. The molecule has 5 heteroatoms. The first-order valence-electron chi connectivity index (χ1n) is 3.70. The Balaban J connectivity index is 0.000000252. The number of hydrogen-bond donors (Lipinski definition) is 3. The van der Waals surface area contributed by atoms with Gasteiger partial charge in [-0.2, -0.15) is 0 Å². The van der Waals surface area contributed by atoms with E-state index in [0.717, 1.165) is 0 Å². The van der Waals surface area contributed by atoms with Crippen molar-refractivity contribution in [3.8, 4) is 0 Å². The zero-order valence-corrected chi connectivity index (χ0v) is 7.17. The molecule has 0 aromatic carbocycles. The molecule has 0 radical (unpaired) electrons. The molecule has 0 saturated carbocycles. The number of aliphatic hydroxyl groups is 2. The Morgan fingerprint density at radius 2 is 2.15 bits per heavy atom. The fourth-order valence-corrected chi connectivity index (χ4v) is 0.400. The van der Waals surface area contributed by atoms with Gasteiger partial charge in [0.25, 0.3) is 0 Å². The standard InChI is InChI=1S/C5H4O3.C3H8O2/c6-5(7)4-2-1-3-8-4;1-2-3(4)5/h1-3H,(H,6,7);3-5H,2H2,1H3.